The number of nitrogens with one attached hydrogen (secondary N) is 1. The third-order valence-corrected chi connectivity index (χ3v) is 3.22. The largest absolute Gasteiger partial charge is 0.486 e. The SMILES string of the molecule is O=C(NCc1ccc2c(c1)OCCO2)c1cccc(Cl)n1. The zero-order chi connectivity index (χ0) is 14.7. The molecule has 2 heterocycles. The van der Waals surface area contributed by atoms with Gasteiger partial charge in [0, 0.05) is 6.54 Å². The van der Waals surface area contributed by atoms with Gasteiger partial charge in [-0.3, -0.25) is 4.79 Å². The lowest BCUT2D eigenvalue weighted by molar-refractivity contribution is 0.0946. The highest BCUT2D eigenvalue weighted by atomic mass is 35.5. The summed E-state index contributed by atoms with van der Waals surface area (Å²) >= 11 is 5.76. The molecule has 108 valence electrons. The number of benzene rings is 1. The van der Waals surface area contributed by atoms with E-state index in [-0.39, 0.29) is 5.91 Å². The maximum Gasteiger partial charge on any atom is 0.270 e. The number of amides is 1. The van der Waals surface area contributed by atoms with Crippen molar-refractivity contribution in [2.24, 2.45) is 0 Å². The van der Waals surface area contributed by atoms with Crippen LogP contribution in [0.2, 0.25) is 5.15 Å². The molecule has 1 aliphatic heterocycles. The van der Waals surface area contributed by atoms with E-state index in [2.05, 4.69) is 10.3 Å². The van der Waals surface area contributed by atoms with Crippen molar-refractivity contribution in [1.29, 1.82) is 0 Å². The van der Waals surface area contributed by atoms with Crippen LogP contribution in [0.4, 0.5) is 0 Å². The van der Waals surface area contributed by atoms with E-state index >= 15 is 0 Å². The molecule has 2 aromatic rings. The van der Waals surface area contributed by atoms with Gasteiger partial charge in [0.15, 0.2) is 11.5 Å². The molecule has 1 aromatic heterocycles. The molecule has 0 radical (unpaired) electrons. The smallest absolute Gasteiger partial charge is 0.270 e. The zero-order valence-electron chi connectivity index (χ0n) is 11.1. The lowest BCUT2D eigenvalue weighted by Crippen LogP contribution is -2.24. The Morgan fingerprint density at radius 1 is 1.19 bits per heavy atom. The van der Waals surface area contributed by atoms with Gasteiger partial charge in [-0.05, 0) is 29.8 Å². The van der Waals surface area contributed by atoms with Crippen LogP contribution in [0, 0.1) is 0 Å². The minimum Gasteiger partial charge on any atom is -0.486 e. The van der Waals surface area contributed by atoms with Crippen LogP contribution < -0.4 is 14.8 Å². The molecule has 1 amide bonds. The summed E-state index contributed by atoms with van der Waals surface area (Å²) in [5.41, 5.74) is 1.22. The molecule has 0 unspecified atom stereocenters. The Labute approximate surface area is 126 Å². The van der Waals surface area contributed by atoms with E-state index in [1.165, 1.54) is 0 Å². The second kappa shape index (κ2) is 6.01. The van der Waals surface area contributed by atoms with Crippen molar-refractivity contribution in [3.8, 4) is 11.5 Å². The fourth-order valence-electron chi connectivity index (χ4n) is 2.01. The molecular weight excluding hydrogens is 292 g/mol. The highest BCUT2D eigenvalue weighted by Gasteiger charge is 2.12. The third kappa shape index (κ3) is 3.25. The second-order valence-corrected chi connectivity index (χ2v) is 4.89. The summed E-state index contributed by atoms with van der Waals surface area (Å²) in [6.45, 7) is 1.47. The van der Waals surface area contributed by atoms with Crippen LogP contribution in [0.1, 0.15) is 16.1 Å². The average molecular weight is 305 g/mol. The standard InChI is InChI=1S/C15H13ClN2O3/c16-14-3-1-2-11(18-14)15(19)17-9-10-4-5-12-13(8-10)21-7-6-20-12/h1-5,8H,6-7,9H2,(H,17,19). The minimum absolute atomic E-state index is 0.271. The maximum absolute atomic E-state index is 12.0. The van der Waals surface area contributed by atoms with Crippen molar-refractivity contribution in [2.75, 3.05) is 13.2 Å². The van der Waals surface area contributed by atoms with Crippen LogP contribution in [0.5, 0.6) is 11.5 Å². The van der Waals surface area contributed by atoms with Crippen LogP contribution in [-0.4, -0.2) is 24.1 Å². The lowest BCUT2D eigenvalue weighted by Gasteiger charge is -2.18. The van der Waals surface area contributed by atoms with E-state index in [1.54, 1.807) is 18.2 Å². The van der Waals surface area contributed by atoms with E-state index in [0.717, 1.165) is 11.3 Å². The van der Waals surface area contributed by atoms with Gasteiger partial charge < -0.3 is 14.8 Å². The summed E-state index contributed by atoms with van der Waals surface area (Å²) in [6.07, 6.45) is 0. The first-order valence-corrected chi connectivity index (χ1v) is 6.89. The van der Waals surface area contributed by atoms with Gasteiger partial charge in [0.05, 0.1) is 0 Å². The summed E-state index contributed by atoms with van der Waals surface area (Å²) in [5.74, 6) is 1.16. The number of rotatable bonds is 3. The molecule has 21 heavy (non-hydrogen) atoms. The summed E-state index contributed by atoms with van der Waals surface area (Å²) in [7, 11) is 0. The number of carbonyl (C=O) groups excluding carboxylic acids is 1. The third-order valence-electron chi connectivity index (χ3n) is 3.01. The highest BCUT2D eigenvalue weighted by molar-refractivity contribution is 6.29. The number of pyridine rings is 1. The van der Waals surface area contributed by atoms with Crippen LogP contribution in [0.3, 0.4) is 0 Å². The van der Waals surface area contributed by atoms with Gasteiger partial charge in [-0.25, -0.2) is 4.98 Å². The Morgan fingerprint density at radius 3 is 2.81 bits per heavy atom. The van der Waals surface area contributed by atoms with E-state index in [9.17, 15) is 4.79 Å². The quantitative estimate of drug-likeness (QED) is 0.885. The van der Waals surface area contributed by atoms with Crippen LogP contribution in [0.25, 0.3) is 0 Å². The molecule has 6 heteroatoms. The van der Waals surface area contributed by atoms with Crippen LogP contribution in [-0.2, 0) is 6.54 Å². The second-order valence-electron chi connectivity index (χ2n) is 4.51. The van der Waals surface area contributed by atoms with Gasteiger partial charge >= 0.3 is 0 Å². The number of nitrogens with zero attached hydrogens (tertiary/aromatic N) is 1. The summed E-state index contributed by atoms with van der Waals surface area (Å²) in [6, 6.07) is 10.5. The maximum atomic E-state index is 12.0. The first-order chi connectivity index (χ1) is 10.2. The van der Waals surface area contributed by atoms with Crippen LogP contribution >= 0.6 is 11.6 Å². The van der Waals surface area contributed by atoms with Crippen molar-refractivity contribution in [3.05, 3.63) is 52.8 Å². The van der Waals surface area contributed by atoms with E-state index in [0.29, 0.717) is 36.4 Å². The van der Waals surface area contributed by atoms with Gasteiger partial charge in [-0.2, -0.15) is 0 Å². The Hall–Kier alpha value is -2.27. The predicted molar refractivity (Wildman–Crippen MR) is 77.8 cm³/mol. The summed E-state index contributed by atoms with van der Waals surface area (Å²) < 4.78 is 11.0. The molecule has 0 saturated heterocycles. The lowest BCUT2D eigenvalue weighted by atomic mass is 10.2. The zero-order valence-corrected chi connectivity index (χ0v) is 11.9. The fourth-order valence-corrected chi connectivity index (χ4v) is 2.17. The Bertz CT molecular complexity index is 676. The summed E-state index contributed by atoms with van der Waals surface area (Å²) in [5, 5.41) is 3.09. The number of hydrogen-bond donors (Lipinski definition) is 1. The van der Waals surface area contributed by atoms with Crippen molar-refractivity contribution in [1.82, 2.24) is 10.3 Å². The molecule has 0 atom stereocenters. The molecule has 0 bridgehead atoms. The first-order valence-electron chi connectivity index (χ1n) is 6.52. The molecule has 1 aliphatic rings. The Balaban J connectivity index is 1.66. The Kier molecular flexibility index (Phi) is 3.92. The monoisotopic (exact) mass is 304 g/mol. The molecule has 1 aromatic carbocycles. The van der Waals surface area contributed by atoms with Crippen molar-refractivity contribution in [3.63, 3.8) is 0 Å². The molecular formula is C15H13ClN2O3. The molecule has 0 aliphatic carbocycles. The number of hydrogen-bond acceptors (Lipinski definition) is 4. The van der Waals surface area contributed by atoms with Crippen molar-refractivity contribution < 1.29 is 14.3 Å². The molecule has 0 fully saturated rings. The number of ether oxygens (including phenoxy) is 2. The Morgan fingerprint density at radius 2 is 2.00 bits per heavy atom. The summed E-state index contributed by atoms with van der Waals surface area (Å²) in [4.78, 5) is 15.9. The molecule has 1 N–H and O–H groups in total. The van der Waals surface area contributed by atoms with Crippen molar-refractivity contribution in [2.45, 2.75) is 6.54 Å². The number of halogens is 1. The van der Waals surface area contributed by atoms with Crippen LogP contribution in [0.15, 0.2) is 36.4 Å². The predicted octanol–water partition coefficient (Wildman–Crippen LogP) is 2.44. The molecule has 5 nitrogen and oxygen atoms in total. The van der Waals surface area contributed by atoms with E-state index in [4.69, 9.17) is 21.1 Å². The molecule has 0 spiro atoms. The average Bonchev–Trinajstić information content (AvgIpc) is 2.52. The van der Waals surface area contributed by atoms with E-state index < -0.39 is 0 Å². The van der Waals surface area contributed by atoms with E-state index in [1.807, 2.05) is 18.2 Å². The number of aromatic nitrogens is 1. The first kappa shape index (κ1) is 13.7. The normalized spacial score (nSPS) is 12.8. The molecule has 0 saturated carbocycles. The minimum atomic E-state index is -0.271. The fraction of sp³-hybridized carbons (Fsp3) is 0.200. The van der Waals surface area contributed by atoms with Gasteiger partial charge in [0.2, 0.25) is 0 Å². The van der Waals surface area contributed by atoms with Gasteiger partial charge in [-0.15, -0.1) is 0 Å². The van der Waals surface area contributed by atoms with Crippen molar-refractivity contribution >= 4 is 17.5 Å². The molecule has 3 rings (SSSR count). The number of fused-ring (bicyclic) bond motifs is 1. The van der Waals surface area contributed by atoms with Gasteiger partial charge in [-0.1, -0.05) is 23.7 Å². The number of carbonyl (C=O) groups is 1. The highest BCUT2D eigenvalue weighted by Crippen LogP contribution is 2.30. The topological polar surface area (TPSA) is 60.5 Å². The van der Waals surface area contributed by atoms with Gasteiger partial charge in [0.1, 0.15) is 24.1 Å². The van der Waals surface area contributed by atoms with Gasteiger partial charge in [0.25, 0.3) is 5.91 Å².